The van der Waals surface area contributed by atoms with Gasteiger partial charge in [0.2, 0.25) is 11.8 Å². The molecule has 0 bridgehead atoms. The Hall–Kier alpha value is -3.98. The van der Waals surface area contributed by atoms with Crippen LogP contribution in [0.4, 0.5) is 0 Å². The maximum absolute atomic E-state index is 13.5. The van der Waals surface area contributed by atoms with Crippen LogP contribution in [0.5, 0.6) is 0 Å². The van der Waals surface area contributed by atoms with Crippen molar-refractivity contribution in [3.63, 3.8) is 0 Å². The predicted octanol–water partition coefficient (Wildman–Crippen LogP) is 3.81. The number of hydrogen-bond donors (Lipinski definition) is 6. The Balaban J connectivity index is 1.45. The van der Waals surface area contributed by atoms with Crippen molar-refractivity contribution in [2.45, 2.75) is 64.4 Å². The molecule has 0 saturated heterocycles. The fourth-order valence-electron chi connectivity index (χ4n) is 4.92. The molecule has 1 heterocycles. The average Bonchev–Trinajstić information content (AvgIpc) is 3.37. The maximum atomic E-state index is 13.5. The second-order valence-electron chi connectivity index (χ2n) is 11.2. The van der Waals surface area contributed by atoms with E-state index in [0.717, 1.165) is 38.7 Å². The molecule has 2 amide bonds. The zero-order valence-electron chi connectivity index (χ0n) is 23.9. The maximum Gasteiger partial charge on any atom is 0.243 e. The molecule has 8 heteroatoms. The van der Waals surface area contributed by atoms with E-state index in [0.29, 0.717) is 19.5 Å². The number of hydrogen-bond acceptors (Lipinski definition) is 5. The number of amides is 2. The van der Waals surface area contributed by atoms with Gasteiger partial charge in [-0.25, -0.2) is 0 Å². The first-order valence-corrected chi connectivity index (χ1v) is 14.0. The van der Waals surface area contributed by atoms with Gasteiger partial charge in [-0.15, -0.1) is 0 Å². The van der Waals surface area contributed by atoms with Gasteiger partial charge in [-0.2, -0.15) is 0 Å². The standard InChI is InChI=1S/C33H40N4O4/c1-22(39)18-36-33(2,3)17-31(40)37-30(16-26-20-34-29-11-7-6-10-28(26)29)32(41)35-19-23-12-14-24(15-13-23)27-9-5-4-8-25(27)21-38/h4-15,20,22,30,34,36,38-39H,16-19,21H2,1-3H3,(H,35,41)(H,37,40)/t22-,30-/m1/s1. The summed E-state index contributed by atoms with van der Waals surface area (Å²) in [4.78, 5) is 29.8. The molecular weight excluding hydrogens is 516 g/mol. The average molecular weight is 557 g/mol. The number of carbonyl (C=O) groups is 2. The molecule has 6 N–H and O–H groups in total. The van der Waals surface area contributed by atoms with Gasteiger partial charge in [0.05, 0.1) is 12.7 Å². The highest BCUT2D eigenvalue weighted by molar-refractivity contribution is 5.90. The minimum atomic E-state index is -0.773. The number of aromatic nitrogens is 1. The van der Waals surface area contributed by atoms with E-state index in [1.165, 1.54) is 0 Å². The lowest BCUT2D eigenvalue weighted by Gasteiger charge is -2.28. The van der Waals surface area contributed by atoms with Gasteiger partial charge < -0.3 is 31.1 Å². The Morgan fingerprint density at radius 1 is 0.951 bits per heavy atom. The van der Waals surface area contributed by atoms with Crippen LogP contribution in [0.1, 0.15) is 43.9 Å². The van der Waals surface area contributed by atoms with E-state index in [4.69, 9.17) is 0 Å². The molecule has 41 heavy (non-hydrogen) atoms. The molecule has 0 saturated carbocycles. The van der Waals surface area contributed by atoms with E-state index < -0.39 is 17.7 Å². The van der Waals surface area contributed by atoms with Gasteiger partial charge in [0.25, 0.3) is 0 Å². The minimum Gasteiger partial charge on any atom is -0.392 e. The minimum absolute atomic E-state index is 0.0364. The van der Waals surface area contributed by atoms with Gasteiger partial charge in [-0.1, -0.05) is 66.7 Å². The van der Waals surface area contributed by atoms with Crippen molar-refractivity contribution in [3.8, 4) is 11.1 Å². The molecule has 0 radical (unpaired) electrons. The van der Waals surface area contributed by atoms with E-state index in [-0.39, 0.29) is 24.8 Å². The van der Waals surface area contributed by atoms with Crippen molar-refractivity contribution < 1.29 is 19.8 Å². The normalized spacial score (nSPS) is 13.1. The number of benzene rings is 3. The SMILES string of the molecule is C[C@@H](O)CNC(C)(C)CC(=O)N[C@H](Cc1c[nH]c2ccccc12)C(=O)NCc1ccc(-c2ccccc2CO)cc1. The summed E-state index contributed by atoms with van der Waals surface area (Å²) >= 11 is 0. The number of carbonyl (C=O) groups excluding carboxylic acids is 2. The number of aliphatic hydroxyl groups excluding tert-OH is 2. The van der Waals surface area contributed by atoms with Crippen LogP contribution in [0.15, 0.2) is 79.0 Å². The first kappa shape index (κ1) is 30.0. The largest absolute Gasteiger partial charge is 0.392 e. The number of aromatic amines is 1. The third-order valence-electron chi connectivity index (χ3n) is 7.15. The van der Waals surface area contributed by atoms with Crippen molar-refractivity contribution in [1.29, 1.82) is 0 Å². The van der Waals surface area contributed by atoms with Crippen LogP contribution in [0.2, 0.25) is 0 Å². The number of aliphatic hydroxyl groups is 2. The summed E-state index contributed by atoms with van der Waals surface area (Å²) in [6.07, 6.45) is 1.83. The second kappa shape index (κ2) is 13.6. The lowest BCUT2D eigenvalue weighted by molar-refractivity contribution is -0.129. The molecule has 8 nitrogen and oxygen atoms in total. The number of nitrogens with one attached hydrogen (secondary N) is 4. The van der Waals surface area contributed by atoms with Crippen LogP contribution in [0, 0.1) is 0 Å². The summed E-state index contributed by atoms with van der Waals surface area (Å²) in [7, 11) is 0. The van der Waals surface area contributed by atoms with Gasteiger partial charge in [0, 0.05) is 48.6 Å². The molecule has 0 unspecified atom stereocenters. The van der Waals surface area contributed by atoms with Crippen LogP contribution in [-0.4, -0.2) is 51.2 Å². The highest BCUT2D eigenvalue weighted by atomic mass is 16.3. The summed E-state index contributed by atoms with van der Waals surface area (Å²) in [6, 6.07) is 22.7. The number of fused-ring (bicyclic) bond motifs is 1. The van der Waals surface area contributed by atoms with Crippen LogP contribution in [-0.2, 0) is 29.2 Å². The lowest BCUT2D eigenvalue weighted by Crippen LogP contribution is -2.51. The van der Waals surface area contributed by atoms with Gasteiger partial charge >= 0.3 is 0 Å². The third-order valence-corrected chi connectivity index (χ3v) is 7.15. The van der Waals surface area contributed by atoms with Crippen molar-refractivity contribution in [1.82, 2.24) is 20.9 Å². The Morgan fingerprint density at radius 3 is 2.39 bits per heavy atom. The first-order chi connectivity index (χ1) is 19.6. The number of β-amino-alcohol motifs (C(OH)–C–C–N with tert-alkyl or cyclic N) is 1. The van der Waals surface area contributed by atoms with Crippen LogP contribution < -0.4 is 16.0 Å². The van der Waals surface area contributed by atoms with E-state index in [2.05, 4.69) is 20.9 Å². The van der Waals surface area contributed by atoms with E-state index >= 15 is 0 Å². The molecule has 0 aliphatic carbocycles. The molecule has 0 fully saturated rings. The molecule has 0 aliphatic rings. The van der Waals surface area contributed by atoms with Gasteiger partial charge in [-0.3, -0.25) is 9.59 Å². The molecule has 4 aromatic rings. The quantitative estimate of drug-likeness (QED) is 0.149. The summed E-state index contributed by atoms with van der Waals surface area (Å²) in [5.41, 5.74) is 5.09. The first-order valence-electron chi connectivity index (χ1n) is 14.0. The monoisotopic (exact) mass is 556 g/mol. The topological polar surface area (TPSA) is 126 Å². The molecule has 0 spiro atoms. The van der Waals surface area contributed by atoms with Crippen molar-refractivity contribution in [2.24, 2.45) is 0 Å². The summed E-state index contributed by atoms with van der Waals surface area (Å²) in [5, 5.41) is 29.4. The molecule has 2 atom stereocenters. The molecular formula is C33H40N4O4. The van der Waals surface area contributed by atoms with Crippen molar-refractivity contribution in [3.05, 3.63) is 95.7 Å². The zero-order valence-corrected chi connectivity index (χ0v) is 23.9. The fraction of sp³-hybridized carbons (Fsp3) is 0.333. The summed E-state index contributed by atoms with van der Waals surface area (Å²) < 4.78 is 0. The van der Waals surface area contributed by atoms with Crippen molar-refractivity contribution >= 4 is 22.7 Å². The highest BCUT2D eigenvalue weighted by Gasteiger charge is 2.27. The van der Waals surface area contributed by atoms with E-state index in [1.807, 2.05) is 92.8 Å². The lowest BCUT2D eigenvalue weighted by atomic mass is 9.98. The van der Waals surface area contributed by atoms with E-state index in [1.54, 1.807) is 6.92 Å². The van der Waals surface area contributed by atoms with Crippen LogP contribution in [0.25, 0.3) is 22.0 Å². The Morgan fingerprint density at radius 2 is 1.66 bits per heavy atom. The summed E-state index contributed by atoms with van der Waals surface area (Å²) in [6.45, 7) is 6.11. The van der Waals surface area contributed by atoms with Crippen LogP contribution >= 0.6 is 0 Å². The van der Waals surface area contributed by atoms with Gasteiger partial charge in [0.1, 0.15) is 6.04 Å². The number of H-pyrrole nitrogens is 1. The fourth-order valence-corrected chi connectivity index (χ4v) is 4.92. The molecule has 4 rings (SSSR count). The number of rotatable bonds is 13. The van der Waals surface area contributed by atoms with Gasteiger partial charge in [-0.05, 0) is 54.7 Å². The third kappa shape index (κ3) is 8.27. The predicted molar refractivity (Wildman–Crippen MR) is 162 cm³/mol. The molecule has 3 aromatic carbocycles. The second-order valence-corrected chi connectivity index (χ2v) is 11.2. The van der Waals surface area contributed by atoms with Crippen molar-refractivity contribution in [2.75, 3.05) is 6.54 Å². The molecule has 216 valence electrons. The Kier molecular flexibility index (Phi) is 9.94. The zero-order chi connectivity index (χ0) is 29.4. The van der Waals surface area contributed by atoms with Crippen LogP contribution in [0.3, 0.4) is 0 Å². The highest BCUT2D eigenvalue weighted by Crippen LogP contribution is 2.24. The van der Waals surface area contributed by atoms with E-state index in [9.17, 15) is 19.8 Å². The number of para-hydroxylation sites is 1. The summed E-state index contributed by atoms with van der Waals surface area (Å²) in [5.74, 6) is -0.520. The Labute approximate surface area is 241 Å². The smallest absolute Gasteiger partial charge is 0.243 e. The Bertz CT molecular complexity index is 1460. The molecule has 1 aromatic heterocycles. The molecule has 0 aliphatic heterocycles. The van der Waals surface area contributed by atoms with Gasteiger partial charge in [0.15, 0.2) is 0 Å².